The number of para-hydroxylation sites is 1. The van der Waals surface area contributed by atoms with Crippen molar-refractivity contribution in [3.05, 3.63) is 71.7 Å². The molecule has 0 N–H and O–H groups in total. The van der Waals surface area contributed by atoms with Crippen LogP contribution in [0.3, 0.4) is 0 Å². The van der Waals surface area contributed by atoms with Gasteiger partial charge in [0.2, 0.25) is 0 Å². The van der Waals surface area contributed by atoms with E-state index in [-0.39, 0.29) is 5.91 Å². The first-order valence-electron chi connectivity index (χ1n) is 7.91. The van der Waals surface area contributed by atoms with Gasteiger partial charge in [-0.05, 0) is 35.9 Å². The normalized spacial score (nSPS) is 10.7. The smallest absolute Gasteiger partial charge is 0.257 e. The number of thiazole rings is 1. The maximum Gasteiger partial charge on any atom is 0.257 e. The maximum absolute atomic E-state index is 12.8. The Balaban J connectivity index is 1.88. The van der Waals surface area contributed by atoms with Crippen LogP contribution in [0.4, 0.5) is 10.8 Å². The number of anilines is 2. The highest BCUT2D eigenvalue weighted by atomic mass is 32.1. The largest absolute Gasteiger partial charge is 0.493 e. The van der Waals surface area contributed by atoms with Gasteiger partial charge < -0.3 is 9.47 Å². The van der Waals surface area contributed by atoms with Crippen LogP contribution in [0.1, 0.15) is 5.56 Å². The third kappa shape index (κ3) is 3.92. The van der Waals surface area contributed by atoms with Crippen LogP contribution in [0, 0.1) is 0 Å². The van der Waals surface area contributed by atoms with Gasteiger partial charge in [0.25, 0.3) is 5.91 Å². The molecular weight excluding hydrogens is 348 g/mol. The number of ether oxygens (including phenoxy) is 2. The van der Waals surface area contributed by atoms with Crippen LogP contribution < -0.4 is 14.4 Å². The number of hydrogen-bond donors (Lipinski definition) is 0. The molecule has 0 bridgehead atoms. The molecule has 0 aliphatic rings. The Hall–Kier alpha value is -3.12. The first kappa shape index (κ1) is 17.7. The van der Waals surface area contributed by atoms with Gasteiger partial charge in [0.15, 0.2) is 16.6 Å². The number of nitrogens with zero attached hydrogens (tertiary/aromatic N) is 2. The number of benzene rings is 2. The van der Waals surface area contributed by atoms with Gasteiger partial charge in [-0.3, -0.25) is 9.69 Å². The molecule has 3 rings (SSSR count). The van der Waals surface area contributed by atoms with Crippen molar-refractivity contribution in [3.8, 4) is 11.5 Å². The highest BCUT2D eigenvalue weighted by molar-refractivity contribution is 7.13. The molecule has 0 atom stereocenters. The summed E-state index contributed by atoms with van der Waals surface area (Å²) in [6.45, 7) is 0. The Morgan fingerprint density at radius 1 is 1.08 bits per heavy atom. The molecule has 3 aromatic rings. The van der Waals surface area contributed by atoms with E-state index in [0.717, 1.165) is 11.3 Å². The summed E-state index contributed by atoms with van der Waals surface area (Å²) in [4.78, 5) is 18.7. The molecule has 5 nitrogen and oxygen atoms in total. The van der Waals surface area contributed by atoms with E-state index < -0.39 is 0 Å². The van der Waals surface area contributed by atoms with E-state index >= 15 is 0 Å². The fraction of sp³-hybridized carbons (Fsp3) is 0.100. The highest BCUT2D eigenvalue weighted by Crippen LogP contribution is 2.29. The van der Waals surface area contributed by atoms with Crippen LogP contribution in [-0.2, 0) is 4.79 Å². The fourth-order valence-corrected chi connectivity index (χ4v) is 3.10. The van der Waals surface area contributed by atoms with Crippen molar-refractivity contribution in [3.63, 3.8) is 0 Å². The maximum atomic E-state index is 12.8. The molecule has 1 amide bonds. The van der Waals surface area contributed by atoms with E-state index in [0.29, 0.717) is 16.6 Å². The molecule has 2 aromatic carbocycles. The predicted octanol–water partition coefficient (Wildman–Crippen LogP) is 4.54. The molecule has 0 spiro atoms. The number of hydrogen-bond acceptors (Lipinski definition) is 5. The molecule has 1 heterocycles. The van der Waals surface area contributed by atoms with Crippen LogP contribution in [-0.4, -0.2) is 25.1 Å². The lowest BCUT2D eigenvalue weighted by molar-refractivity contribution is -0.113. The minimum Gasteiger partial charge on any atom is -0.493 e. The Morgan fingerprint density at radius 3 is 2.50 bits per heavy atom. The van der Waals surface area contributed by atoms with Crippen LogP contribution >= 0.6 is 11.3 Å². The third-order valence-electron chi connectivity index (χ3n) is 3.67. The highest BCUT2D eigenvalue weighted by Gasteiger charge is 2.17. The van der Waals surface area contributed by atoms with Gasteiger partial charge in [0.05, 0.1) is 19.9 Å². The third-order valence-corrected chi connectivity index (χ3v) is 4.43. The van der Waals surface area contributed by atoms with Gasteiger partial charge in [0, 0.05) is 17.7 Å². The number of amides is 1. The van der Waals surface area contributed by atoms with Crippen molar-refractivity contribution in [2.45, 2.75) is 0 Å². The summed E-state index contributed by atoms with van der Waals surface area (Å²) in [5.74, 6) is 1.08. The molecule has 0 fully saturated rings. The first-order chi connectivity index (χ1) is 12.7. The molecule has 6 heteroatoms. The molecule has 0 unspecified atom stereocenters. The average Bonchev–Trinajstić information content (AvgIpc) is 3.21. The number of carbonyl (C=O) groups excluding carboxylic acids is 1. The summed E-state index contributed by atoms with van der Waals surface area (Å²) in [7, 11) is 3.17. The lowest BCUT2D eigenvalue weighted by atomic mass is 10.2. The van der Waals surface area contributed by atoms with Gasteiger partial charge in [0.1, 0.15) is 0 Å². The van der Waals surface area contributed by atoms with Crippen molar-refractivity contribution < 1.29 is 14.3 Å². The Morgan fingerprint density at radius 2 is 1.85 bits per heavy atom. The molecule has 0 aliphatic heterocycles. The SMILES string of the molecule is COc1ccc(/C=C/C(=O)N(c2ccccc2)c2nccs2)cc1OC. The molecule has 0 aliphatic carbocycles. The standard InChI is InChI=1S/C20H18N2O3S/c1-24-17-10-8-15(14-18(17)25-2)9-11-19(23)22(20-21-12-13-26-20)16-6-4-3-5-7-16/h3-14H,1-2H3/b11-9+. The lowest BCUT2D eigenvalue weighted by Crippen LogP contribution is -2.23. The second kappa shape index (κ2) is 8.31. The van der Waals surface area contributed by atoms with Crippen LogP contribution in [0.5, 0.6) is 11.5 Å². The second-order valence-electron chi connectivity index (χ2n) is 5.27. The Kier molecular flexibility index (Phi) is 5.66. The average molecular weight is 366 g/mol. The molecular formula is C20H18N2O3S. The molecule has 132 valence electrons. The minimum absolute atomic E-state index is 0.180. The molecule has 0 saturated carbocycles. The van der Waals surface area contributed by atoms with E-state index in [9.17, 15) is 4.79 Å². The quantitative estimate of drug-likeness (QED) is 0.601. The second-order valence-corrected chi connectivity index (χ2v) is 6.14. The summed E-state index contributed by atoms with van der Waals surface area (Å²) in [5.41, 5.74) is 1.60. The van der Waals surface area contributed by atoms with Gasteiger partial charge >= 0.3 is 0 Å². The number of aromatic nitrogens is 1. The van der Waals surface area contributed by atoms with Crippen molar-refractivity contribution >= 4 is 34.1 Å². The summed E-state index contributed by atoms with van der Waals surface area (Å²) >= 11 is 1.41. The van der Waals surface area contributed by atoms with E-state index in [2.05, 4.69) is 4.98 Å². The molecule has 26 heavy (non-hydrogen) atoms. The lowest BCUT2D eigenvalue weighted by Gasteiger charge is -2.18. The van der Waals surface area contributed by atoms with Crippen LogP contribution in [0.15, 0.2) is 66.2 Å². The fourth-order valence-electron chi connectivity index (χ4n) is 2.43. The van der Waals surface area contributed by atoms with Crippen molar-refractivity contribution in [2.24, 2.45) is 0 Å². The van der Waals surface area contributed by atoms with Crippen molar-refractivity contribution in [1.29, 1.82) is 0 Å². The zero-order valence-electron chi connectivity index (χ0n) is 14.5. The first-order valence-corrected chi connectivity index (χ1v) is 8.79. The molecule has 1 aromatic heterocycles. The zero-order valence-corrected chi connectivity index (χ0v) is 15.3. The van der Waals surface area contributed by atoms with E-state index in [4.69, 9.17) is 9.47 Å². The Labute approximate surface area is 156 Å². The van der Waals surface area contributed by atoms with Gasteiger partial charge in [-0.25, -0.2) is 4.98 Å². The van der Waals surface area contributed by atoms with Crippen molar-refractivity contribution in [2.75, 3.05) is 19.1 Å². The predicted molar refractivity (Wildman–Crippen MR) is 104 cm³/mol. The summed E-state index contributed by atoms with van der Waals surface area (Å²) in [6.07, 6.45) is 4.95. The topological polar surface area (TPSA) is 51.7 Å². The van der Waals surface area contributed by atoms with E-state index in [1.54, 1.807) is 37.5 Å². The van der Waals surface area contributed by atoms with Gasteiger partial charge in [-0.2, -0.15) is 0 Å². The Bertz CT molecular complexity index is 893. The van der Waals surface area contributed by atoms with Crippen LogP contribution in [0.2, 0.25) is 0 Å². The zero-order chi connectivity index (χ0) is 18.4. The monoisotopic (exact) mass is 366 g/mol. The summed E-state index contributed by atoms with van der Waals surface area (Å²) < 4.78 is 10.5. The van der Waals surface area contributed by atoms with Crippen LogP contribution in [0.25, 0.3) is 6.08 Å². The number of carbonyl (C=O) groups is 1. The molecule has 0 saturated heterocycles. The van der Waals surface area contributed by atoms with E-state index in [1.807, 2.05) is 47.8 Å². The summed E-state index contributed by atoms with van der Waals surface area (Å²) in [5, 5.41) is 2.47. The minimum atomic E-state index is -0.180. The van der Waals surface area contributed by atoms with Gasteiger partial charge in [-0.1, -0.05) is 24.3 Å². The number of rotatable bonds is 6. The van der Waals surface area contributed by atoms with Gasteiger partial charge in [-0.15, -0.1) is 11.3 Å². The van der Waals surface area contributed by atoms with Crippen molar-refractivity contribution in [1.82, 2.24) is 4.98 Å². The molecule has 0 radical (unpaired) electrons. The van der Waals surface area contributed by atoms with E-state index in [1.165, 1.54) is 17.4 Å². The summed E-state index contributed by atoms with van der Waals surface area (Å²) in [6, 6.07) is 14.9. The number of methoxy groups -OCH3 is 2.